The van der Waals surface area contributed by atoms with Crippen LogP contribution in [-0.4, -0.2) is 22.0 Å². The van der Waals surface area contributed by atoms with Gasteiger partial charge in [0, 0.05) is 17.9 Å². The SMILES string of the molecule is O=C(Nc1ccc(Cl)c(Cl)c1)N1[C@H]2CC[C@@H]1c1ccnc(Cl)c1C2. The summed E-state index contributed by atoms with van der Waals surface area (Å²) in [6.07, 6.45) is 4.35. The van der Waals surface area contributed by atoms with Gasteiger partial charge in [0.2, 0.25) is 0 Å². The Morgan fingerprint density at radius 2 is 2.00 bits per heavy atom. The quantitative estimate of drug-likeness (QED) is 0.677. The Morgan fingerprint density at radius 1 is 1.17 bits per heavy atom. The number of carbonyl (C=O) groups excluding carboxylic acids is 1. The number of carbonyl (C=O) groups is 1. The number of rotatable bonds is 1. The highest BCUT2D eigenvalue weighted by atomic mass is 35.5. The molecule has 7 heteroatoms. The molecule has 0 spiro atoms. The maximum Gasteiger partial charge on any atom is 0.322 e. The molecule has 1 aromatic carbocycles. The molecule has 0 unspecified atom stereocenters. The second-order valence-corrected chi connectivity index (χ2v) is 7.26. The zero-order valence-corrected chi connectivity index (χ0v) is 14.9. The van der Waals surface area contributed by atoms with Crippen molar-refractivity contribution in [3.63, 3.8) is 0 Å². The molecule has 24 heavy (non-hydrogen) atoms. The number of aromatic nitrogens is 1. The fraction of sp³-hybridized carbons (Fsp3) is 0.294. The van der Waals surface area contributed by atoms with E-state index in [4.69, 9.17) is 34.8 Å². The molecular weight excluding hydrogens is 369 g/mol. The molecule has 4 nitrogen and oxygen atoms in total. The summed E-state index contributed by atoms with van der Waals surface area (Å²) in [6.45, 7) is 0. The molecule has 2 aromatic rings. The summed E-state index contributed by atoms with van der Waals surface area (Å²) in [5.74, 6) is 0. The predicted molar refractivity (Wildman–Crippen MR) is 96.0 cm³/mol. The number of amides is 2. The molecule has 2 bridgehead atoms. The van der Waals surface area contributed by atoms with Crippen LogP contribution in [0.25, 0.3) is 0 Å². The lowest BCUT2D eigenvalue weighted by molar-refractivity contribution is 0.179. The second-order valence-electron chi connectivity index (χ2n) is 6.09. The van der Waals surface area contributed by atoms with Gasteiger partial charge in [0.05, 0.1) is 16.1 Å². The Morgan fingerprint density at radius 3 is 2.79 bits per heavy atom. The molecule has 1 fully saturated rings. The predicted octanol–water partition coefficient (Wildman–Crippen LogP) is 5.34. The van der Waals surface area contributed by atoms with Gasteiger partial charge in [-0.05, 0) is 54.7 Å². The van der Waals surface area contributed by atoms with Crippen LogP contribution in [0.15, 0.2) is 30.5 Å². The van der Waals surface area contributed by atoms with Crippen LogP contribution in [0, 0.1) is 0 Å². The first-order chi connectivity index (χ1) is 11.5. The number of hydrogen-bond acceptors (Lipinski definition) is 2. The van der Waals surface area contributed by atoms with Gasteiger partial charge >= 0.3 is 6.03 Å². The minimum atomic E-state index is -0.125. The van der Waals surface area contributed by atoms with Crippen molar-refractivity contribution in [1.82, 2.24) is 9.88 Å². The zero-order valence-electron chi connectivity index (χ0n) is 12.6. The van der Waals surface area contributed by atoms with Gasteiger partial charge in [0.15, 0.2) is 0 Å². The van der Waals surface area contributed by atoms with Crippen LogP contribution in [0.2, 0.25) is 15.2 Å². The molecule has 1 N–H and O–H groups in total. The molecule has 0 saturated carbocycles. The average molecular weight is 383 g/mol. The van der Waals surface area contributed by atoms with Crippen molar-refractivity contribution in [3.05, 3.63) is 56.8 Å². The van der Waals surface area contributed by atoms with E-state index in [0.717, 1.165) is 30.4 Å². The van der Waals surface area contributed by atoms with Crippen molar-refractivity contribution >= 4 is 46.5 Å². The number of nitrogens with zero attached hydrogens (tertiary/aromatic N) is 2. The van der Waals surface area contributed by atoms with Gasteiger partial charge in [-0.1, -0.05) is 34.8 Å². The summed E-state index contributed by atoms with van der Waals surface area (Å²) < 4.78 is 0. The van der Waals surface area contributed by atoms with E-state index in [1.807, 2.05) is 11.0 Å². The van der Waals surface area contributed by atoms with E-state index in [1.54, 1.807) is 24.4 Å². The van der Waals surface area contributed by atoms with E-state index in [2.05, 4.69) is 10.3 Å². The summed E-state index contributed by atoms with van der Waals surface area (Å²) in [7, 11) is 0. The Kier molecular flexibility index (Phi) is 4.07. The normalized spacial score (nSPS) is 21.5. The maximum absolute atomic E-state index is 12.8. The first-order valence-electron chi connectivity index (χ1n) is 7.72. The van der Waals surface area contributed by atoms with Gasteiger partial charge < -0.3 is 10.2 Å². The van der Waals surface area contributed by atoms with E-state index in [9.17, 15) is 4.79 Å². The Bertz CT molecular complexity index is 827. The number of pyridine rings is 1. The lowest BCUT2D eigenvalue weighted by atomic mass is 9.95. The van der Waals surface area contributed by atoms with E-state index in [0.29, 0.717) is 20.9 Å². The number of hydrogen-bond donors (Lipinski definition) is 1. The third kappa shape index (κ3) is 2.63. The van der Waals surface area contributed by atoms with Crippen LogP contribution in [0.5, 0.6) is 0 Å². The van der Waals surface area contributed by atoms with E-state index < -0.39 is 0 Å². The van der Waals surface area contributed by atoms with Gasteiger partial charge in [-0.25, -0.2) is 9.78 Å². The largest absolute Gasteiger partial charge is 0.322 e. The smallest absolute Gasteiger partial charge is 0.314 e. The molecule has 124 valence electrons. The number of halogens is 3. The number of fused-ring (bicyclic) bond motifs is 4. The Labute approximate surface area is 154 Å². The van der Waals surface area contributed by atoms with Gasteiger partial charge in [0.1, 0.15) is 5.15 Å². The van der Waals surface area contributed by atoms with Crippen LogP contribution in [0.3, 0.4) is 0 Å². The molecule has 0 aliphatic carbocycles. The molecular formula is C17H14Cl3N3O. The summed E-state index contributed by atoms with van der Waals surface area (Å²) in [5, 5.41) is 4.35. The van der Waals surface area contributed by atoms with Crippen molar-refractivity contribution in [1.29, 1.82) is 0 Å². The fourth-order valence-corrected chi connectivity index (χ4v) is 4.23. The monoisotopic (exact) mass is 381 g/mol. The summed E-state index contributed by atoms with van der Waals surface area (Å²) in [6, 6.07) is 7.10. The van der Waals surface area contributed by atoms with E-state index in [-0.39, 0.29) is 18.1 Å². The maximum atomic E-state index is 12.8. The van der Waals surface area contributed by atoms with Crippen molar-refractivity contribution in [2.45, 2.75) is 31.3 Å². The van der Waals surface area contributed by atoms with Crippen LogP contribution >= 0.6 is 34.8 Å². The highest BCUT2D eigenvalue weighted by Crippen LogP contribution is 2.45. The first kappa shape index (κ1) is 16.0. The number of urea groups is 1. The molecule has 3 heterocycles. The van der Waals surface area contributed by atoms with Crippen LogP contribution in [-0.2, 0) is 6.42 Å². The van der Waals surface area contributed by atoms with Gasteiger partial charge in [-0.3, -0.25) is 0 Å². The van der Waals surface area contributed by atoms with E-state index >= 15 is 0 Å². The molecule has 4 rings (SSSR count). The summed E-state index contributed by atoms with van der Waals surface area (Å²) in [4.78, 5) is 18.9. The minimum Gasteiger partial charge on any atom is -0.314 e. The number of anilines is 1. The van der Waals surface area contributed by atoms with Crippen molar-refractivity contribution < 1.29 is 4.79 Å². The Hall–Kier alpha value is -1.49. The third-order valence-corrected chi connectivity index (χ3v) is 5.81. The zero-order chi connectivity index (χ0) is 16.8. The molecule has 1 aromatic heterocycles. The highest BCUT2D eigenvalue weighted by molar-refractivity contribution is 6.42. The van der Waals surface area contributed by atoms with Gasteiger partial charge in [-0.15, -0.1) is 0 Å². The molecule has 0 radical (unpaired) electrons. The molecule has 2 amide bonds. The summed E-state index contributed by atoms with van der Waals surface area (Å²) >= 11 is 18.2. The number of nitrogens with one attached hydrogen (secondary N) is 1. The average Bonchev–Trinajstić information content (AvgIpc) is 2.87. The highest BCUT2D eigenvalue weighted by Gasteiger charge is 2.43. The second kappa shape index (κ2) is 6.10. The lowest BCUT2D eigenvalue weighted by Crippen LogP contribution is -2.44. The van der Waals surface area contributed by atoms with E-state index in [1.165, 1.54) is 0 Å². The third-order valence-electron chi connectivity index (χ3n) is 4.75. The molecule has 1 saturated heterocycles. The standard InChI is InChI=1S/C17H14Cl3N3O/c18-13-3-1-9(7-14(13)19)22-17(24)23-10-2-4-15(23)11-5-6-21-16(20)12(11)8-10/h1,3,5-7,10,15H,2,4,8H2,(H,22,24)/t10-,15+/m0/s1. The van der Waals surface area contributed by atoms with Crippen molar-refractivity contribution in [2.75, 3.05) is 5.32 Å². The summed E-state index contributed by atoms with van der Waals surface area (Å²) in [5.41, 5.74) is 2.81. The van der Waals surface area contributed by atoms with Gasteiger partial charge in [-0.2, -0.15) is 0 Å². The van der Waals surface area contributed by atoms with Crippen molar-refractivity contribution in [2.24, 2.45) is 0 Å². The van der Waals surface area contributed by atoms with Gasteiger partial charge in [0.25, 0.3) is 0 Å². The molecule has 2 aliphatic heterocycles. The Balaban J connectivity index is 1.61. The van der Waals surface area contributed by atoms with Crippen molar-refractivity contribution in [3.8, 4) is 0 Å². The van der Waals surface area contributed by atoms with Crippen LogP contribution in [0.1, 0.15) is 30.0 Å². The fourth-order valence-electron chi connectivity index (χ4n) is 3.69. The van der Waals surface area contributed by atoms with Crippen LogP contribution < -0.4 is 5.32 Å². The topological polar surface area (TPSA) is 45.2 Å². The molecule has 2 atom stereocenters. The molecule has 2 aliphatic rings. The minimum absolute atomic E-state index is 0.0435. The lowest BCUT2D eigenvalue weighted by Gasteiger charge is -2.36. The first-order valence-corrected chi connectivity index (χ1v) is 8.85. The van der Waals surface area contributed by atoms with Crippen LogP contribution in [0.4, 0.5) is 10.5 Å². The number of benzene rings is 1.